The molecule has 0 unspecified atom stereocenters. The lowest BCUT2D eigenvalue weighted by Gasteiger charge is -2.33. The fourth-order valence-electron chi connectivity index (χ4n) is 5.55. The van der Waals surface area contributed by atoms with Crippen LogP contribution in [0.25, 0.3) is 0 Å². The van der Waals surface area contributed by atoms with Gasteiger partial charge >= 0.3 is 6.18 Å². The Balaban J connectivity index is 1.32. The number of carbonyl (C=O) groups is 1. The normalized spacial score (nSPS) is 21.2. The first-order valence-electron chi connectivity index (χ1n) is 12.7. The molecule has 0 atom stereocenters. The number of methoxy groups -OCH3 is 1. The van der Waals surface area contributed by atoms with E-state index in [0.717, 1.165) is 48.3 Å². The molecule has 1 aromatic carbocycles. The minimum Gasteiger partial charge on any atom is -0.381 e. The summed E-state index contributed by atoms with van der Waals surface area (Å²) in [6, 6.07) is 9.55. The smallest absolute Gasteiger partial charge is 0.381 e. The zero-order chi connectivity index (χ0) is 26.4. The highest BCUT2D eigenvalue weighted by Crippen LogP contribution is 2.40. The number of nitrogens with zero attached hydrogens (tertiary/aromatic N) is 6. The molecular formula is C26H28F3N7O2. The summed E-state index contributed by atoms with van der Waals surface area (Å²) in [5.41, 5.74) is 3.19. The standard InChI is InChI=1S/C26H28F3N7O2/c1-38-19-7-4-16(5-8-19)24(37)35-14-17-3-2-10-30-23(17)31-20-9-6-18(13-21(20)35)34-11-12-36-22(15-34)32-25(33-36)26(27,28)29/h2-3,6,9-10,13,16,19H,4-5,7-8,11-12,14-15H2,1H3,(H,30,31)/t16-,19+. The number of halogens is 3. The summed E-state index contributed by atoms with van der Waals surface area (Å²) < 4.78 is 46.2. The molecule has 2 aromatic heterocycles. The Hall–Kier alpha value is -3.67. The van der Waals surface area contributed by atoms with Gasteiger partial charge in [-0.15, -0.1) is 5.10 Å². The summed E-state index contributed by atoms with van der Waals surface area (Å²) in [7, 11) is 1.71. The van der Waals surface area contributed by atoms with Crippen molar-refractivity contribution in [2.75, 3.05) is 28.8 Å². The number of carbonyl (C=O) groups excluding carboxylic acids is 1. The number of nitrogens with one attached hydrogen (secondary N) is 1. The number of hydrogen-bond acceptors (Lipinski definition) is 7. The Morgan fingerprint density at radius 3 is 2.68 bits per heavy atom. The van der Waals surface area contributed by atoms with Crippen LogP contribution in [-0.2, 0) is 35.3 Å². The number of aromatic nitrogens is 4. The average Bonchev–Trinajstić information content (AvgIpc) is 3.29. The maximum Gasteiger partial charge on any atom is 0.453 e. The Morgan fingerprint density at radius 2 is 1.92 bits per heavy atom. The van der Waals surface area contributed by atoms with Crippen LogP contribution >= 0.6 is 0 Å². The van der Waals surface area contributed by atoms with Crippen molar-refractivity contribution in [2.24, 2.45) is 5.92 Å². The maximum atomic E-state index is 13.9. The van der Waals surface area contributed by atoms with Crippen molar-refractivity contribution >= 4 is 28.8 Å². The lowest BCUT2D eigenvalue weighted by Crippen LogP contribution is -2.38. The number of hydrogen-bond donors (Lipinski definition) is 1. The van der Waals surface area contributed by atoms with E-state index in [1.54, 1.807) is 13.3 Å². The van der Waals surface area contributed by atoms with Gasteiger partial charge in [-0.1, -0.05) is 6.07 Å². The molecule has 6 rings (SSSR count). The van der Waals surface area contributed by atoms with E-state index < -0.39 is 12.0 Å². The molecule has 0 bridgehead atoms. The van der Waals surface area contributed by atoms with Crippen molar-refractivity contribution in [1.82, 2.24) is 19.7 Å². The van der Waals surface area contributed by atoms with E-state index in [9.17, 15) is 18.0 Å². The summed E-state index contributed by atoms with van der Waals surface area (Å²) in [6.45, 7) is 1.32. The monoisotopic (exact) mass is 527 g/mol. The summed E-state index contributed by atoms with van der Waals surface area (Å²) in [5.74, 6) is -0.206. The average molecular weight is 528 g/mol. The minimum atomic E-state index is -4.59. The summed E-state index contributed by atoms with van der Waals surface area (Å²) in [5, 5.41) is 7.01. The number of anilines is 4. The van der Waals surface area contributed by atoms with Gasteiger partial charge in [-0.25, -0.2) is 14.6 Å². The SMILES string of the molecule is CO[C@H]1CC[C@@H](C(=O)N2Cc3cccnc3Nc3ccc(N4CCn5nc(C(F)(F)F)nc5C4)cc32)CC1. The van der Waals surface area contributed by atoms with Crippen molar-refractivity contribution in [3.63, 3.8) is 0 Å². The number of fused-ring (bicyclic) bond motifs is 3. The van der Waals surface area contributed by atoms with Crippen LogP contribution < -0.4 is 15.1 Å². The van der Waals surface area contributed by atoms with E-state index >= 15 is 0 Å². The Labute approximate surface area is 217 Å². The van der Waals surface area contributed by atoms with Crippen LogP contribution in [0.5, 0.6) is 0 Å². The van der Waals surface area contributed by atoms with Gasteiger partial charge < -0.3 is 19.9 Å². The number of ether oxygens (including phenoxy) is 1. The Kier molecular flexibility index (Phi) is 6.21. The first-order valence-corrected chi connectivity index (χ1v) is 12.7. The molecule has 1 fully saturated rings. The molecule has 1 aliphatic carbocycles. The summed E-state index contributed by atoms with van der Waals surface area (Å²) >= 11 is 0. The number of benzene rings is 1. The highest BCUT2D eigenvalue weighted by atomic mass is 19.4. The van der Waals surface area contributed by atoms with Gasteiger partial charge in [0.05, 0.1) is 37.1 Å². The largest absolute Gasteiger partial charge is 0.453 e. The fourth-order valence-corrected chi connectivity index (χ4v) is 5.55. The van der Waals surface area contributed by atoms with Gasteiger partial charge in [0.1, 0.15) is 11.6 Å². The molecule has 0 spiro atoms. The van der Waals surface area contributed by atoms with E-state index in [1.807, 2.05) is 40.1 Å². The van der Waals surface area contributed by atoms with Crippen molar-refractivity contribution in [1.29, 1.82) is 0 Å². The summed E-state index contributed by atoms with van der Waals surface area (Å²) in [4.78, 5) is 25.9. The molecule has 2 aliphatic heterocycles. The Morgan fingerprint density at radius 1 is 1.11 bits per heavy atom. The Bertz CT molecular complexity index is 1350. The van der Waals surface area contributed by atoms with Crippen LogP contribution in [0.2, 0.25) is 0 Å². The second kappa shape index (κ2) is 9.57. The van der Waals surface area contributed by atoms with Crippen LogP contribution in [0.4, 0.5) is 36.1 Å². The summed E-state index contributed by atoms with van der Waals surface area (Å²) in [6.07, 6.45) is 0.530. The van der Waals surface area contributed by atoms with Gasteiger partial charge in [0.25, 0.3) is 5.82 Å². The lowest BCUT2D eigenvalue weighted by molar-refractivity contribution is -0.145. The van der Waals surface area contributed by atoms with Gasteiger partial charge in [0, 0.05) is 37.0 Å². The predicted octanol–water partition coefficient (Wildman–Crippen LogP) is 4.51. The number of pyridine rings is 1. The third kappa shape index (κ3) is 4.57. The topological polar surface area (TPSA) is 88.4 Å². The third-order valence-corrected chi connectivity index (χ3v) is 7.65. The molecule has 3 aromatic rings. The van der Waals surface area contributed by atoms with E-state index in [-0.39, 0.29) is 36.8 Å². The zero-order valence-electron chi connectivity index (χ0n) is 20.9. The second-order valence-corrected chi connectivity index (χ2v) is 9.97. The number of rotatable bonds is 3. The predicted molar refractivity (Wildman–Crippen MR) is 134 cm³/mol. The van der Waals surface area contributed by atoms with Gasteiger partial charge in [0.2, 0.25) is 5.91 Å². The number of alkyl halides is 3. The first kappa shape index (κ1) is 24.7. The minimum absolute atomic E-state index is 0.0599. The molecule has 12 heteroatoms. The molecule has 1 N–H and O–H groups in total. The molecular weight excluding hydrogens is 499 g/mol. The van der Waals surface area contributed by atoms with Gasteiger partial charge in [0.15, 0.2) is 0 Å². The van der Waals surface area contributed by atoms with E-state index in [1.165, 1.54) is 4.68 Å². The lowest BCUT2D eigenvalue weighted by atomic mass is 9.86. The van der Waals surface area contributed by atoms with E-state index in [4.69, 9.17) is 4.74 Å². The van der Waals surface area contributed by atoms with Crippen molar-refractivity contribution in [2.45, 2.75) is 57.6 Å². The molecule has 0 saturated heterocycles. The molecule has 1 amide bonds. The molecule has 4 heterocycles. The van der Waals surface area contributed by atoms with Gasteiger partial charge in [-0.3, -0.25) is 4.79 Å². The molecule has 1 saturated carbocycles. The highest BCUT2D eigenvalue weighted by Gasteiger charge is 2.38. The molecule has 3 aliphatic rings. The van der Waals surface area contributed by atoms with Crippen molar-refractivity contribution in [3.8, 4) is 0 Å². The maximum absolute atomic E-state index is 13.9. The van der Waals surface area contributed by atoms with Crippen LogP contribution in [0, 0.1) is 5.92 Å². The van der Waals surface area contributed by atoms with Crippen LogP contribution in [0.3, 0.4) is 0 Å². The third-order valence-electron chi connectivity index (χ3n) is 7.65. The number of amides is 1. The van der Waals surface area contributed by atoms with Crippen LogP contribution in [-0.4, -0.2) is 45.4 Å². The fraction of sp³-hybridized carbons (Fsp3) is 0.462. The van der Waals surface area contributed by atoms with Gasteiger partial charge in [-0.05, 0) is 49.9 Å². The highest BCUT2D eigenvalue weighted by molar-refractivity contribution is 6.00. The van der Waals surface area contributed by atoms with Gasteiger partial charge in [-0.2, -0.15) is 13.2 Å². The van der Waals surface area contributed by atoms with Crippen LogP contribution in [0.15, 0.2) is 36.5 Å². The quantitative estimate of drug-likeness (QED) is 0.536. The van der Waals surface area contributed by atoms with Crippen molar-refractivity contribution < 1.29 is 22.7 Å². The van der Waals surface area contributed by atoms with E-state index in [2.05, 4.69) is 20.4 Å². The first-order chi connectivity index (χ1) is 18.3. The van der Waals surface area contributed by atoms with E-state index in [0.29, 0.717) is 18.9 Å². The second-order valence-electron chi connectivity index (χ2n) is 9.97. The molecule has 38 heavy (non-hydrogen) atoms. The molecule has 9 nitrogen and oxygen atoms in total. The molecule has 200 valence electrons. The van der Waals surface area contributed by atoms with Crippen LogP contribution in [0.1, 0.15) is 42.9 Å². The molecule has 0 radical (unpaired) electrons. The van der Waals surface area contributed by atoms with Crippen molar-refractivity contribution in [3.05, 3.63) is 53.7 Å². The zero-order valence-corrected chi connectivity index (χ0v) is 20.9.